The minimum Gasteiger partial charge on any atom is -0.342 e. The van der Waals surface area contributed by atoms with Crippen LogP contribution >= 0.6 is 0 Å². The van der Waals surface area contributed by atoms with E-state index in [9.17, 15) is 9.59 Å². The Balaban J connectivity index is 1.37. The van der Waals surface area contributed by atoms with Crippen molar-refractivity contribution in [2.75, 3.05) is 45.8 Å². The fraction of sp³-hybridized carbons (Fsp3) is 0.636. The van der Waals surface area contributed by atoms with Gasteiger partial charge in [-0.3, -0.25) is 14.5 Å². The molecule has 27 heavy (non-hydrogen) atoms. The van der Waals surface area contributed by atoms with Crippen molar-refractivity contribution in [1.82, 2.24) is 14.7 Å². The summed E-state index contributed by atoms with van der Waals surface area (Å²) in [6, 6.07) is 10.3. The fourth-order valence-corrected chi connectivity index (χ4v) is 4.81. The summed E-state index contributed by atoms with van der Waals surface area (Å²) < 4.78 is 0. The van der Waals surface area contributed by atoms with Crippen LogP contribution in [-0.4, -0.2) is 72.3 Å². The second-order valence-electron chi connectivity index (χ2n) is 8.31. The molecule has 2 saturated heterocycles. The first-order valence-corrected chi connectivity index (χ1v) is 10.5. The van der Waals surface area contributed by atoms with Crippen molar-refractivity contribution in [2.24, 2.45) is 0 Å². The van der Waals surface area contributed by atoms with Gasteiger partial charge in [0.1, 0.15) is 0 Å². The first-order chi connectivity index (χ1) is 13.2. The molecule has 1 aromatic carbocycles. The zero-order chi connectivity index (χ0) is 18.7. The fourth-order valence-electron chi connectivity index (χ4n) is 4.81. The molecule has 2 aliphatic heterocycles. The van der Waals surface area contributed by atoms with Crippen molar-refractivity contribution in [3.8, 4) is 0 Å². The number of carbonyl (C=O) groups excluding carboxylic acids is 2. The maximum atomic E-state index is 13.4. The van der Waals surface area contributed by atoms with Gasteiger partial charge in [0.25, 0.3) is 0 Å². The summed E-state index contributed by atoms with van der Waals surface area (Å²) in [6.07, 6.45) is 6.27. The topological polar surface area (TPSA) is 43.9 Å². The van der Waals surface area contributed by atoms with Crippen LogP contribution in [0.2, 0.25) is 0 Å². The Hall–Kier alpha value is -1.88. The van der Waals surface area contributed by atoms with E-state index in [1.807, 2.05) is 23.1 Å². The predicted octanol–water partition coefficient (Wildman–Crippen LogP) is 2.27. The highest BCUT2D eigenvalue weighted by Crippen LogP contribution is 2.45. The van der Waals surface area contributed by atoms with Crippen LogP contribution < -0.4 is 0 Å². The van der Waals surface area contributed by atoms with E-state index in [2.05, 4.69) is 21.9 Å². The summed E-state index contributed by atoms with van der Waals surface area (Å²) in [7, 11) is 0. The summed E-state index contributed by atoms with van der Waals surface area (Å²) in [5, 5.41) is 0. The quantitative estimate of drug-likeness (QED) is 0.818. The molecule has 1 saturated carbocycles. The Kier molecular flexibility index (Phi) is 5.48. The largest absolute Gasteiger partial charge is 0.342 e. The lowest BCUT2D eigenvalue weighted by molar-refractivity contribution is -0.140. The first-order valence-electron chi connectivity index (χ1n) is 10.5. The zero-order valence-electron chi connectivity index (χ0n) is 16.2. The molecule has 0 aromatic heterocycles. The van der Waals surface area contributed by atoms with Gasteiger partial charge in [0.15, 0.2) is 0 Å². The molecule has 0 atom stereocenters. The van der Waals surface area contributed by atoms with Gasteiger partial charge < -0.3 is 9.80 Å². The zero-order valence-corrected chi connectivity index (χ0v) is 16.2. The van der Waals surface area contributed by atoms with Gasteiger partial charge >= 0.3 is 0 Å². The molecular formula is C22H31N3O2. The number of carbonyl (C=O) groups is 2. The monoisotopic (exact) mass is 369 g/mol. The Morgan fingerprint density at radius 3 is 2.15 bits per heavy atom. The van der Waals surface area contributed by atoms with E-state index in [4.69, 9.17) is 0 Å². The van der Waals surface area contributed by atoms with Gasteiger partial charge in [0, 0.05) is 39.3 Å². The van der Waals surface area contributed by atoms with Crippen LogP contribution in [0, 0.1) is 0 Å². The van der Waals surface area contributed by atoms with Crippen LogP contribution in [0.5, 0.6) is 0 Å². The standard InChI is InChI=1S/C22H31N3O2/c26-20(24-13-4-5-14-24)18-23-12-7-15-25(17-16-23)21(27)22(10-6-11-22)19-8-2-1-3-9-19/h1-3,8-9H,4-7,10-18H2. The second-order valence-corrected chi connectivity index (χ2v) is 8.31. The van der Waals surface area contributed by atoms with Crippen LogP contribution in [0.15, 0.2) is 30.3 Å². The molecule has 0 radical (unpaired) electrons. The molecule has 2 heterocycles. The predicted molar refractivity (Wildman–Crippen MR) is 105 cm³/mol. The van der Waals surface area contributed by atoms with Crippen molar-refractivity contribution in [3.63, 3.8) is 0 Å². The Bertz CT molecular complexity index is 665. The molecule has 0 unspecified atom stereocenters. The van der Waals surface area contributed by atoms with E-state index < -0.39 is 0 Å². The van der Waals surface area contributed by atoms with Gasteiger partial charge in [0.05, 0.1) is 12.0 Å². The molecular weight excluding hydrogens is 338 g/mol. The van der Waals surface area contributed by atoms with E-state index in [1.165, 1.54) is 5.56 Å². The molecule has 2 amide bonds. The Morgan fingerprint density at radius 1 is 0.778 bits per heavy atom. The van der Waals surface area contributed by atoms with Gasteiger partial charge in [0.2, 0.25) is 11.8 Å². The highest BCUT2D eigenvalue weighted by atomic mass is 16.2. The first kappa shape index (κ1) is 18.5. The Labute approximate surface area is 162 Å². The molecule has 0 N–H and O–H groups in total. The number of benzene rings is 1. The van der Waals surface area contributed by atoms with Gasteiger partial charge in [-0.25, -0.2) is 0 Å². The van der Waals surface area contributed by atoms with Crippen LogP contribution in [0.4, 0.5) is 0 Å². The SMILES string of the molecule is O=C(CN1CCCN(C(=O)C2(c3ccccc3)CCC2)CC1)N1CCCC1. The molecule has 4 rings (SSSR count). The van der Waals surface area contributed by atoms with E-state index in [1.54, 1.807) is 0 Å². The van der Waals surface area contributed by atoms with Crippen LogP contribution in [0.3, 0.4) is 0 Å². The third kappa shape index (κ3) is 3.75. The van der Waals surface area contributed by atoms with Crippen molar-refractivity contribution in [3.05, 3.63) is 35.9 Å². The molecule has 0 bridgehead atoms. The molecule has 146 valence electrons. The van der Waals surface area contributed by atoms with E-state index in [0.717, 1.165) is 77.8 Å². The highest BCUT2D eigenvalue weighted by Gasteiger charge is 2.47. The van der Waals surface area contributed by atoms with Crippen LogP contribution in [0.1, 0.15) is 44.1 Å². The average Bonchev–Trinajstić information content (AvgIpc) is 3.09. The lowest BCUT2D eigenvalue weighted by Crippen LogP contribution is -2.52. The average molecular weight is 370 g/mol. The van der Waals surface area contributed by atoms with Crippen molar-refractivity contribution in [1.29, 1.82) is 0 Å². The third-order valence-corrected chi connectivity index (χ3v) is 6.64. The third-order valence-electron chi connectivity index (χ3n) is 6.64. The van der Waals surface area contributed by atoms with E-state index in [-0.39, 0.29) is 11.3 Å². The molecule has 5 heteroatoms. The second kappa shape index (κ2) is 8.01. The Morgan fingerprint density at radius 2 is 1.48 bits per heavy atom. The van der Waals surface area contributed by atoms with E-state index >= 15 is 0 Å². The van der Waals surface area contributed by atoms with Gasteiger partial charge in [-0.2, -0.15) is 0 Å². The molecule has 5 nitrogen and oxygen atoms in total. The van der Waals surface area contributed by atoms with E-state index in [0.29, 0.717) is 12.5 Å². The lowest BCUT2D eigenvalue weighted by Gasteiger charge is -2.44. The summed E-state index contributed by atoms with van der Waals surface area (Å²) in [4.78, 5) is 32.2. The van der Waals surface area contributed by atoms with Crippen LogP contribution in [0.25, 0.3) is 0 Å². The number of hydrogen-bond acceptors (Lipinski definition) is 3. The summed E-state index contributed by atoms with van der Waals surface area (Å²) in [6.45, 7) is 5.58. The number of amides is 2. The minimum absolute atomic E-state index is 0.257. The van der Waals surface area contributed by atoms with Crippen LogP contribution in [-0.2, 0) is 15.0 Å². The molecule has 0 spiro atoms. The molecule has 1 aliphatic carbocycles. The highest BCUT2D eigenvalue weighted by molar-refractivity contribution is 5.89. The smallest absolute Gasteiger partial charge is 0.236 e. The van der Waals surface area contributed by atoms with Gasteiger partial charge in [-0.1, -0.05) is 36.8 Å². The van der Waals surface area contributed by atoms with Gasteiger partial charge in [-0.15, -0.1) is 0 Å². The maximum absolute atomic E-state index is 13.4. The number of nitrogens with zero attached hydrogens (tertiary/aromatic N) is 3. The normalized spacial score (nSPS) is 23.0. The van der Waals surface area contributed by atoms with Crippen molar-refractivity contribution < 1.29 is 9.59 Å². The van der Waals surface area contributed by atoms with Crippen molar-refractivity contribution in [2.45, 2.75) is 43.9 Å². The summed E-state index contributed by atoms with van der Waals surface area (Å²) >= 11 is 0. The summed E-state index contributed by atoms with van der Waals surface area (Å²) in [5.74, 6) is 0.555. The summed E-state index contributed by atoms with van der Waals surface area (Å²) in [5.41, 5.74) is 0.869. The minimum atomic E-state index is -0.304. The lowest BCUT2D eigenvalue weighted by atomic mass is 9.63. The number of likely N-dealkylation sites (tertiary alicyclic amines) is 1. The molecule has 3 aliphatic rings. The number of rotatable bonds is 4. The molecule has 3 fully saturated rings. The molecule has 1 aromatic rings. The van der Waals surface area contributed by atoms with Gasteiger partial charge in [-0.05, 0) is 37.7 Å². The van der Waals surface area contributed by atoms with Crippen molar-refractivity contribution >= 4 is 11.8 Å². The number of hydrogen-bond donors (Lipinski definition) is 0. The maximum Gasteiger partial charge on any atom is 0.236 e.